The van der Waals surface area contributed by atoms with Gasteiger partial charge in [-0.05, 0) is 67.4 Å². The van der Waals surface area contributed by atoms with Crippen LogP contribution in [0, 0.1) is 0 Å². The van der Waals surface area contributed by atoms with Crippen LogP contribution >= 0.6 is 15.9 Å². The van der Waals surface area contributed by atoms with E-state index in [0.29, 0.717) is 17.7 Å². The summed E-state index contributed by atoms with van der Waals surface area (Å²) in [7, 11) is 0. The Bertz CT molecular complexity index is 1100. The zero-order chi connectivity index (χ0) is 23.4. The molecule has 2 amide bonds. The van der Waals surface area contributed by atoms with Gasteiger partial charge >= 0.3 is 12.4 Å². The lowest BCUT2D eigenvalue weighted by atomic mass is 10.1. The van der Waals surface area contributed by atoms with Crippen molar-refractivity contribution in [1.29, 1.82) is 0 Å². The lowest BCUT2D eigenvalue weighted by molar-refractivity contribution is -0.274. The quantitative estimate of drug-likeness (QED) is 0.524. The number of carbonyl (C=O) groups is 1. The van der Waals surface area contributed by atoms with Crippen molar-refractivity contribution in [1.82, 2.24) is 5.01 Å². The number of rotatable bonds is 4. The number of hydrazone groups is 1. The van der Waals surface area contributed by atoms with Crippen LogP contribution < -0.4 is 10.1 Å². The molecule has 0 aromatic heterocycles. The summed E-state index contributed by atoms with van der Waals surface area (Å²) in [5.41, 5.74) is 1.28. The van der Waals surface area contributed by atoms with Crippen LogP contribution in [0.15, 0.2) is 82.4 Å². The van der Waals surface area contributed by atoms with Gasteiger partial charge in [0, 0.05) is 15.7 Å². The minimum Gasteiger partial charge on any atom is -0.492 e. The molecule has 2 heterocycles. The Hall–Kier alpha value is -3.47. The first-order chi connectivity index (χ1) is 15.8. The molecule has 0 saturated carbocycles. The number of urea groups is 1. The SMILES string of the molecule is O=C(Nc1ccc(OC(F)(F)F)cc1)N1N=C(c2ccc(Br)cc2)OC=C1C1CCC=CO1. The van der Waals surface area contributed by atoms with Gasteiger partial charge < -0.3 is 19.5 Å². The maximum Gasteiger partial charge on any atom is 0.573 e. The Morgan fingerprint density at radius 1 is 1.15 bits per heavy atom. The van der Waals surface area contributed by atoms with Crippen LogP contribution in [0.25, 0.3) is 0 Å². The molecule has 0 fully saturated rings. The highest BCUT2D eigenvalue weighted by molar-refractivity contribution is 9.10. The minimum atomic E-state index is -4.80. The molecule has 1 N–H and O–H groups in total. The van der Waals surface area contributed by atoms with Crippen molar-refractivity contribution in [2.24, 2.45) is 5.10 Å². The molecule has 2 aliphatic rings. The molecule has 0 radical (unpaired) electrons. The van der Waals surface area contributed by atoms with E-state index in [1.807, 2.05) is 18.2 Å². The average molecular weight is 524 g/mol. The molecule has 2 aromatic carbocycles. The van der Waals surface area contributed by atoms with Crippen LogP contribution in [0.5, 0.6) is 5.75 Å². The first-order valence-corrected chi connectivity index (χ1v) is 10.6. The highest BCUT2D eigenvalue weighted by atomic mass is 79.9. The molecule has 0 saturated heterocycles. The summed E-state index contributed by atoms with van der Waals surface area (Å²) >= 11 is 3.36. The Kier molecular flexibility index (Phi) is 6.59. The van der Waals surface area contributed by atoms with Crippen molar-refractivity contribution < 1.29 is 32.2 Å². The van der Waals surface area contributed by atoms with Crippen molar-refractivity contribution in [2.75, 3.05) is 5.32 Å². The number of alkyl halides is 3. The number of halogens is 4. The molecule has 1 unspecified atom stereocenters. The largest absolute Gasteiger partial charge is 0.573 e. The number of carbonyl (C=O) groups excluding carboxylic acids is 1. The van der Waals surface area contributed by atoms with Crippen LogP contribution in [-0.4, -0.2) is 29.4 Å². The fourth-order valence-electron chi connectivity index (χ4n) is 3.10. The van der Waals surface area contributed by atoms with Crippen molar-refractivity contribution in [2.45, 2.75) is 25.3 Å². The Morgan fingerprint density at radius 2 is 1.88 bits per heavy atom. The average Bonchev–Trinajstić information content (AvgIpc) is 2.80. The molecule has 172 valence electrons. The van der Waals surface area contributed by atoms with E-state index in [2.05, 4.69) is 31.1 Å². The van der Waals surface area contributed by atoms with Gasteiger partial charge in [-0.3, -0.25) is 0 Å². The lowest BCUT2D eigenvalue weighted by Crippen LogP contribution is -2.39. The van der Waals surface area contributed by atoms with E-state index >= 15 is 0 Å². The Labute approximate surface area is 195 Å². The molecule has 0 aliphatic carbocycles. The first-order valence-electron chi connectivity index (χ1n) is 9.77. The van der Waals surface area contributed by atoms with Crippen LogP contribution in [0.4, 0.5) is 23.7 Å². The number of hydrogen-bond acceptors (Lipinski definition) is 5. The van der Waals surface area contributed by atoms with Gasteiger partial charge in [-0.25, -0.2) is 4.79 Å². The van der Waals surface area contributed by atoms with Crippen molar-refractivity contribution in [3.8, 4) is 5.75 Å². The van der Waals surface area contributed by atoms with Gasteiger partial charge in [-0.1, -0.05) is 15.9 Å². The van der Waals surface area contributed by atoms with E-state index in [1.165, 1.54) is 18.4 Å². The summed E-state index contributed by atoms with van der Waals surface area (Å²) in [6, 6.07) is 11.3. The van der Waals surface area contributed by atoms with Gasteiger partial charge in [0.1, 0.15) is 23.8 Å². The number of anilines is 1. The third-order valence-electron chi connectivity index (χ3n) is 4.61. The van der Waals surface area contributed by atoms with Gasteiger partial charge in [-0.15, -0.1) is 18.3 Å². The fraction of sp³-hybridized carbons (Fsp3) is 0.182. The second kappa shape index (κ2) is 9.57. The molecule has 2 aromatic rings. The zero-order valence-electron chi connectivity index (χ0n) is 16.9. The highest BCUT2D eigenvalue weighted by Gasteiger charge is 2.32. The Balaban J connectivity index is 1.56. The van der Waals surface area contributed by atoms with E-state index < -0.39 is 24.2 Å². The van der Waals surface area contributed by atoms with Crippen LogP contribution in [-0.2, 0) is 9.47 Å². The number of allylic oxidation sites excluding steroid dienone is 1. The minimum absolute atomic E-state index is 0.196. The van der Waals surface area contributed by atoms with E-state index in [1.54, 1.807) is 18.4 Å². The maximum atomic E-state index is 13.1. The molecular weight excluding hydrogens is 507 g/mol. The second-order valence-electron chi connectivity index (χ2n) is 6.96. The van der Waals surface area contributed by atoms with E-state index in [9.17, 15) is 18.0 Å². The lowest BCUT2D eigenvalue weighted by Gasteiger charge is -2.30. The number of ether oxygens (including phenoxy) is 3. The summed E-state index contributed by atoms with van der Waals surface area (Å²) in [6.07, 6.45) is 0.936. The van der Waals surface area contributed by atoms with Gasteiger partial charge in [0.2, 0.25) is 5.90 Å². The number of nitrogens with zero attached hydrogens (tertiary/aromatic N) is 2. The predicted molar refractivity (Wildman–Crippen MR) is 117 cm³/mol. The molecule has 11 heteroatoms. The standard InChI is InChI=1S/C22H17BrF3N3O4/c23-15-6-4-14(5-7-15)20-28-29(18(13-32-20)19-3-1-2-12-31-19)21(30)27-16-8-10-17(11-9-16)33-22(24,25)26/h2,4-13,19H,1,3H2,(H,27,30). The van der Waals surface area contributed by atoms with E-state index in [0.717, 1.165) is 28.0 Å². The smallest absolute Gasteiger partial charge is 0.492 e. The second-order valence-corrected chi connectivity index (χ2v) is 7.88. The number of hydrogen-bond donors (Lipinski definition) is 1. The molecular formula is C22H17BrF3N3O4. The molecule has 33 heavy (non-hydrogen) atoms. The highest BCUT2D eigenvalue weighted by Crippen LogP contribution is 2.28. The Morgan fingerprint density at radius 3 is 2.52 bits per heavy atom. The maximum absolute atomic E-state index is 13.1. The van der Waals surface area contributed by atoms with Crippen LogP contribution in [0.3, 0.4) is 0 Å². The fourth-order valence-corrected chi connectivity index (χ4v) is 3.36. The van der Waals surface area contributed by atoms with Gasteiger partial charge in [-0.2, -0.15) is 5.01 Å². The zero-order valence-corrected chi connectivity index (χ0v) is 18.5. The molecule has 7 nitrogen and oxygen atoms in total. The summed E-state index contributed by atoms with van der Waals surface area (Å²) in [6.45, 7) is 0. The summed E-state index contributed by atoms with van der Waals surface area (Å²) in [5.74, 6) is -0.202. The topological polar surface area (TPSA) is 72.4 Å². The normalized spacial score (nSPS) is 17.9. The molecule has 0 bridgehead atoms. The van der Waals surface area contributed by atoms with E-state index in [4.69, 9.17) is 9.47 Å². The summed E-state index contributed by atoms with van der Waals surface area (Å²) < 4.78 is 53.1. The van der Waals surface area contributed by atoms with Crippen molar-refractivity contribution in [3.63, 3.8) is 0 Å². The monoisotopic (exact) mass is 523 g/mol. The van der Waals surface area contributed by atoms with Crippen LogP contribution in [0.2, 0.25) is 0 Å². The number of benzene rings is 2. The molecule has 0 spiro atoms. The van der Waals surface area contributed by atoms with Gasteiger partial charge in [0.15, 0.2) is 0 Å². The summed E-state index contributed by atoms with van der Waals surface area (Å²) in [4.78, 5) is 13.1. The molecule has 1 atom stereocenters. The van der Waals surface area contributed by atoms with Crippen molar-refractivity contribution >= 4 is 33.5 Å². The van der Waals surface area contributed by atoms with Gasteiger partial charge in [0.05, 0.1) is 6.26 Å². The third kappa shape index (κ3) is 5.86. The first kappa shape index (κ1) is 22.7. The summed E-state index contributed by atoms with van der Waals surface area (Å²) in [5, 5.41) is 8.10. The molecule has 4 rings (SSSR count). The van der Waals surface area contributed by atoms with Crippen molar-refractivity contribution in [3.05, 3.63) is 82.9 Å². The van der Waals surface area contributed by atoms with E-state index in [-0.39, 0.29) is 11.6 Å². The van der Waals surface area contributed by atoms with Crippen LogP contribution in [0.1, 0.15) is 18.4 Å². The number of nitrogens with one attached hydrogen (secondary N) is 1. The molecule has 2 aliphatic heterocycles. The predicted octanol–water partition coefficient (Wildman–Crippen LogP) is 6.11. The number of amides is 2. The van der Waals surface area contributed by atoms with Gasteiger partial charge in [0.25, 0.3) is 0 Å². The third-order valence-corrected chi connectivity index (χ3v) is 5.14.